The monoisotopic (exact) mass is 266 g/mol. The number of hydroxylamine groups is 1. The zero-order valence-electron chi connectivity index (χ0n) is 11.1. The third kappa shape index (κ3) is 2.13. The van der Waals surface area contributed by atoms with Crippen LogP contribution >= 0.6 is 0 Å². The average Bonchev–Trinajstić information content (AvgIpc) is 2.85. The number of nitrogens with one attached hydrogen (secondary N) is 2. The van der Waals surface area contributed by atoms with Crippen molar-refractivity contribution in [2.75, 3.05) is 6.61 Å². The molecule has 2 bridgehead atoms. The summed E-state index contributed by atoms with van der Waals surface area (Å²) in [5.41, 5.74) is 2.49. The van der Waals surface area contributed by atoms with Crippen LogP contribution in [0.2, 0.25) is 0 Å². The number of hydrogen-bond donors (Lipinski definition) is 2. The van der Waals surface area contributed by atoms with E-state index in [2.05, 4.69) is 10.8 Å². The molecule has 1 aliphatic heterocycles. The highest BCUT2D eigenvalue weighted by atomic mass is 16.8. The van der Waals surface area contributed by atoms with Gasteiger partial charge in [-0.1, -0.05) is 0 Å². The Morgan fingerprint density at radius 1 is 1.11 bits per heavy atom. The van der Waals surface area contributed by atoms with Crippen LogP contribution in [-0.4, -0.2) is 25.0 Å². The Morgan fingerprint density at radius 2 is 1.89 bits per heavy atom. The van der Waals surface area contributed by atoms with Crippen LogP contribution in [0.4, 0.5) is 4.79 Å². The van der Waals surface area contributed by atoms with Crippen LogP contribution in [0.25, 0.3) is 0 Å². The van der Waals surface area contributed by atoms with E-state index < -0.39 is 0 Å². The number of carbonyl (C=O) groups excluding carboxylic acids is 1. The predicted molar refractivity (Wildman–Crippen MR) is 67.9 cm³/mol. The Morgan fingerprint density at radius 3 is 2.58 bits per heavy atom. The molecule has 0 spiro atoms. The number of rotatable bonds is 3. The van der Waals surface area contributed by atoms with Crippen molar-refractivity contribution in [1.82, 2.24) is 10.8 Å². The van der Waals surface area contributed by atoms with Crippen LogP contribution in [0.1, 0.15) is 38.5 Å². The van der Waals surface area contributed by atoms with E-state index in [0.29, 0.717) is 6.04 Å². The summed E-state index contributed by atoms with van der Waals surface area (Å²) in [6.45, 7) is 0.726. The number of amides is 2. The van der Waals surface area contributed by atoms with Gasteiger partial charge < -0.3 is 10.1 Å². The number of urea groups is 1. The van der Waals surface area contributed by atoms with Gasteiger partial charge in [-0.25, -0.2) is 15.1 Å². The first-order valence-corrected chi connectivity index (χ1v) is 7.66. The fraction of sp³-hybridized carbons (Fsp3) is 0.929. The van der Waals surface area contributed by atoms with Crippen LogP contribution < -0.4 is 10.8 Å². The van der Waals surface area contributed by atoms with Crippen molar-refractivity contribution in [3.8, 4) is 0 Å². The molecule has 0 aromatic rings. The maximum atomic E-state index is 11.8. The molecule has 6 atom stereocenters. The fourth-order valence-electron chi connectivity index (χ4n) is 4.62. The lowest BCUT2D eigenvalue weighted by Gasteiger charge is -2.22. The van der Waals surface area contributed by atoms with E-state index in [4.69, 9.17) is 9.57 Å². The van der Waals surface area contributed by atoms with Crippen molar-refractivity contribution in [2.24, 2.45) is 23.7 Å². The van der Waals surface area contributed by atoms with Gasteiger partial charge in [0.05, 0.1) is 0 Å². The summed E-state index contributed by atoms with van der Waals surface area (Å²) in [6, 6.07) is 0.204. The summed E-state index contributed by atoms with van der Waals surface area (Å²) < 4.78 is 5.40. The van der Waals surface area contributed by atoms with E-state index in [1.54, 1.807) is 0 Å². The van der Waals surface area contributed by atoms with Crippen molar-refractivity contribution >= 4 is 6.03 Å². The third-order valence-electron chi connectivity index (χ3n) is 5.45. The number of ether oxygens (including phenoxy) is 1. The zero-order chi connectivity index (χ0) is 12.8. The van der Waals surface area contributed by atoms with Gasteiger partial charge in [-0.3, -0.25) is 0 Å². The van der Waals surface area contributed by atoms with Gasteiger partial charge in [0.15, 0.2) is 6.29 Å². The molecule has 3 saturated carbocycles. The molecule has 5 nitrogen and oxygen atoms in total. The van der Waals surface area contributed by atoms with Gasteiger partial charge in [-0.15, -0.1) is 0 Å². The standard InChI is InChI=1S/C14H22N2O3/c17-14(16-19-10-3-1-2-6-18-10)15-13-11-8-4-5-9(7-8)12(11)13/h8-13H,1-7H2,(H2,15,16,17)/t8-,9-,10-,11-,12+,13?/m0/s1. The topological polar surface area (TPSA) is 59.6 Å². The molecule has 4 fully saturated rings. The third-order valence-corrected chi connectivity index (χ3v) is 5.45. The number of hydrogen-bond acceptors (Lipinski definition) is 3. The maximum absolute atomic E-state index is 11.8. The van der Waals surface area contributed by atoms with Crippen molar-refractivity contribution < 1.29 is 14.4 Å². The lowest BCUT2D eigenvalue weighted by Crippen LogP contribution is -2.41. The van der Waals surface area contributed by atoms with Gasteiger partial charge in [-0.2, -0.15) is 0 Å². The van der Waals surface area contributed by atoms with Crippen LogP contribution in [0.15, 0.2) is 0 Å². The quantitative estimate of drug-likeness (QED) is 0.766. The highest BCUT2D eigenvalue weighted by molar-refractivity contribution is 5.73. The van der Waals surface area contributed by atoms with E-state index >= 15 is 0 Å². The molecule has 5 heteroatoms. The second kappa shape index (κ2) is 4.63. The molecule has 0 aromatic carbocycles. The van der Waals surface area contributed by atoms with Gasteiger partial charge in [0.25, 0.3) is 0 Å². The highest BCUT2D eigenvalue weighted by Crippen LogP contribution is 2.65. The van der Waals surface area contributed by atoms with Crippen LogP contribution in [0.5, 0.6) is 0 Å². The lowest BCUT2D eigenvalue weighted by atomic mass is 10.0. The van der Waals surface area contributed by atoms with Gasteiger partial charge in [-0.05, 0) is 55.8 Å². The summed E-state index contributed by atoms with van der Waals surface area (Å²) in [6.07, 6.45) is 6.93. The molecule has 4 rings (SSSR count). The first kappa shape index (κ1) is 12.0. The largest absolute Gasteiger partial charge is 0.350 e. The van der Waals surface area contributed by atoms with Crippen molar-refractivity contribution in [3.63, 3.8) is 0 Å². The Labute approximate surface area is 113 Å². The molecule has 1 unspecified atom stereocenters. The fourth-order valence-corrected chi connectivity index (χ4v) is 4.62. The van der Waals surface area contributed by atoms with Gasteiger partial charge in [0.2, 0.25) is 0 Å². The average molecular weight is 266 g/mol. The molecular formula is C14H22N2O3. The minimum absolute atomic E-state index is 0.201. The zero-order valence-corrected chi connectivity index (χ0v) is 11.1. The smallest absolute Gasteiger partial charge is 0.339 e. The Hall–Kier alpha value is -0.810. The molecule has 4 aliphatic rings. The van der Waals surface area contributed by atoms with E-state index in [1.165, 1.54) is 19.3 Å². The maximum Gasteiger partial charge on any atom is 0.339 e. The molecule has 1 heterocycles. The van der Waals surface area contributed by atoms with Crippen LogP contribution in [0.3, 0.4) is 0 Å². The molecule has 2 N–H and O–H groups in total. The predicted octanol–water partition coefficient (Wildman–Crippen LogP) is 1.79. The Bertz CT molecular complexity index is 354. The first-order chi connectivity index (χ1) is 9.33. The molecule has 19 heavy (non-hydrogen) atoms. The summed E-state index contributed by atoms with van der Waals surface area (Å²) in [5, 5.41) is 3.07. The van der Waals surface area contributed by atoms with Crippen LogP contribution in [0, 0.1) is 23.7 Å². The van der Waals surface area contributed by atoms with Crippen molar-refractivity contribution in [2.45, 2.75) is 50.9 Å². The molecule has 0 aromatic heterocycles. The van der Waals surface area contributed by atoms with E-state index in [1.807, 2.05) is 0 Å². The molecule has 3 aliphatic carbocycles. The minimum atomic E-state index is -0.269. The molecule has 2 amide bonds. The second-order valence-electron chi connectivity index (χ2n) is 6.50. The lowest BCUT2D eigenvalue weighted by molar-refractivity contribution is -0.186. The van der Waals surface area contributed by atoms with E-state index in [9.17, 15) is 4.79 Å². The summed E-state index contributed by atoms with van der Waals surface area (Å²) >= 11 is 0. The van der Waals surface area contributed by atoms with Gasteiger partial charge in [0.1, 0.15) is 0 Å². The summed E-state index contributed by atoms with van der Waals surface area (Å²) in [5.74, 6) is 3.27. The van der Waals surface area contributed by atoms with Crippen LogP contribution in [-0.2, 0) is 9.57 Å². The van der Waals surface area contributed by atoms with Crippen molar-refractivity contribution in [1.29, 1.82) is 0 Å². The van der Waals surface area contributed by atoms with Crippen molar-refractivity contribution in [3.05, 3.63) is 0 Å². The first-order valence-electron chi connectivity index (χ1n) is 7.66. The highest BCUT2D eigenvalue weighted by Gasteiger charge is 2.65. The Balaban J connectivity index is 1.21. The molecule has 1 saturated heterocycles. The van der Waals surface area contributed by atoms with Gasteiger partial charge in [0, 0.05) is 19.1 Å². The van der Waals surface area contributed by atoms with E-state index in [0.717, 1.165) is 49.5 Å². The second-order valence-corrected chi connectivity index (χ2v) is 6.50. The molecule has 0 radical (unpaired) electrons. The minimum Gasteiger partial charge on any atom is -0.350 e. The normalized spacial score (nSPS) is 46.7. The summed E-state index contributed by atoms with van der Waals surface area (Å²) in [4.78, 5) is 17.1. The molecular weight excluding hydrogens is 244 g/mol. The Kier molecular flexibility index (Phi) is 2.92. The molecule has 106 valence electrons. The summed E-state index contributed by atoms with van der Waals surface area (Å²) in [7, 11) is 0. The number of carbonyl (C=O) groups is 1. The number of fused-ring (bicyclic) bond motifs is 5. The van der Waals surface area contributed by atoms with E-state index in [-0.39, 0.29) is 12.3 Å². The SMILES string of the molecule is O=C(NO[C@H]1CCCCO1)NC1[C@@H]2[C@H]3CC[C@@H](C3)[C@H]12. The van der Waals surface area contributed by atoms with Gasteiger partial charge >= 0.3 is 6.03 Å².